The molecule has 3 aromatic rings. The van der Waals surface area contributed by atoms with Gasteiger partial charge >= 0.3 is 0 Å². The van der Waals surface area contributed by atoms with Crippen LogP contribution in [0.1, 0.15) is 5.56 Å². The summed E-state index contributed by atoms with van der Waals surface area (Å²) in [5.41, 5.74) is 1.34. The van der Waals surface area contributed by atoms with Gasteiger partial charge in [-0.25, -0.2) is 0 Å². The molecule has 0 spiro atoms. The minimum atomic E-state index is -0.579. The molecule has 128 valence electrons. The van der Waals surface area contributed by atoms with E-state index in [9.17, 15) is 0 Å². The van der Waals surface area contributed by atoms with Crippen molar-refractivity contribution >= 4 is 18.5 Å². The molecule has 0 bridgehead atoms. The second-order valence-electron chi connectivity index (χ2n) is 5.95. The van der Waals surface area contributed by atoms with E-state index >= 15 is 0 Å². The Labute approximate surface area is 158 Å². The predicted molar refractivity (Wildman–Crippen MR) is 117 cm³/mol. The van der Waals surface area contributed by atoms with Crippen molar-refractivity contribution in [2.45, 2.75) is 6.42 Å². The minimum absolute atomic E-state index is 0.579. The molecule has 0 unspecified atom stereocenters. The lowest BCUT2D eigenvalue weighted by Gasteiger charge is -2.22. The lowest BCUT2D eigenvalue weighted by Crippen LogP contribution is -2.14. The van der Waals surface area contributed by atoms with Gasteiger partial charge in [-0.05, 0) is 35.8 Å². The summed E-state index contributed by atoms with van der Waals surface area (Å²) in [5, 5.41) is 4.19. The van der Waals surface area contributed by atoms with Gasteiger partial charge in [-0.3, -0.25) is 0 Å². The van der Waals surface area contributed by atoms with E-state index in [2.05, 4.69) is 110 Å². The van der Waals surface area contributed by atoms with E-state index in [1.54, 1.807) is 0 Å². The molecule has 0 aliphatic carbocycles. The summed E-state index contributed by atoms with van der Waals surface area (Å²) in [5.74, 6) is 0. The molecule has 0 fully saturated rings. The van der Waals surface area contributed by atoms with Gasteiger partial charge in [0.15, 0.2) is 0 Å². The third-order valence-corrected chi connectivity index (χ3v) is 6.59. The van der Waals surface area contributed by atoms with Crippen LogP contribution in [0.3, 0.4) is 0 Å². The molecular formula is C25H23P. The molecule has 0 radical (unpaired) electrons. The summed E-state index contributed by atoms with van der Waals surface area (Å²) in [6.07, 6.45) is 9.13. The molecule has 0 nitrogen and oxygen atoms in total. The Morgan fingerprint density at radius 1 is 0.692 bits per heavy atom. The largest absolute Gasteiger partial charge is 0.0991 e. The molecule has 0 saturated heterocycles. The Hall–Kier alpha value is -2.69. The van der Waals surface area contributed by atoms with E-state index in [1.165, 1.54) is 21.5 Å². The third-order valence-electron chi connectivity index (χ3n) is 4.08. The van der Waals surface area contributed by atoms with Crippen LogP contribution in [0.25, 0.3) is 0 Å². The molecule has 0 aliphatic rings. The van der Waals surface area contributed by atoms with Crippen molar-refractivity contribution in [1.82, 2.24) is 0 Å². The first kappa shape index (κ1) is 18.1. The molecule has 0 saturated carbocycles. The number of rotatable bonds is 7. The maximum atomic E-state index is 3.79. The van der Waals surface area contributed by atoms with Crippen molar-refractivity contribution in [2.24, 2.45) is 0 Å². The van der Waals surface area contributed by atoms with Crippen LogP contribution >= 0.6 is 7.92 Å². The molecule has 0 amide bonds. The van der Waals surface area contributed by atoms with Gasteiger partial charge in [0.25, 0.3) is 0 Å². The zero-order valence-electron chi connectivity index (χ0n) is 14.8. The van der Waals surface area contributed by atoms with Gasteiger partial charge in [-0.1, -0.05) is 122 Å². The summed E-state index contributed by atoms with van der Waals surface area (Å²) in [6.45, 7) is 3.79. The highest BCUT2D eigenvalue weighted by atomic mass is 31.1. The third kappa shape index (κ3) is 4.91. The van der Waals surface area contributed by atoms with E-state index in [0.717, 1.165) is 6.42 Å². The molecule has 0 N–H and O–H groups in total. The van der Waals surface area contributed by atoms with Crippen molar-refractivity contribution in [1.29, 1.82) is 0 Å². The fraction of sp³-hybridized carbons (Fsp3) is 0.0400. The second-order valence-corrected chi connectivity index (χ2v) is 8.23. The van der Waals surface area contributed by atoms with Crippen LogP contribution in [0.2, 0.25) is 0 Å². The molecular weight excluding hydrogens is 331 g/mol. The van der Waals surface area contributed by atoms with Gasteiger partial charge in [0.05, 0.1) is 0 Å². The van der Waals surface area contributed by atoms with Gasteiger partial charge in [-0.2, -0.15) is 0 Å². The molecule has 1 heteroatoms. The first-order chi connectivity index (χ1) is 12.9. The van der Waals surface area contributed by atoms with Crippen LogP contribution in [0.4, 0.5) is 0 Å². The van der Waals surface area contributed by atoms with Crippen molar-refractivity contribution in [3.63, 3.8) is 0 Å². The number of allylic oxidation sites excluding steroid dienone is 5. The molecule has 0 aromatic heterocycles. The summed E-state index contributed by atoms with van der Waals surface area (Å²) >= 11 is 0. The quantitative estimate of drug-likeness (QED) is 0.361. The van der Waals surface area contributed by atoms with E-state index in [4.69, 9.17) is 0 Å². The summed E-state index contributed by atoms with van der Waals surface area (Å²) < 4.78 is 0. The van der Waals surface area contributed by atoms with Crippen LogP contribution in [0.15, 0.2) is 127 Å². The average molecular weight is 354 g/mol. The van der Waals surface area contributed by atoms with Crippen molar-refractivity contribution in [3.8, 4) is 0 Å². The fourth-order valence-corrected chi connectivity index (χ4v) is 5.38. The van der Waals surface area contributed by atoms with E-state index in [1.807, 2.05) is 12.2 Å². The standard InChI is InChI=1S/C25H23P/c1-2-3-7-20-25(21-22-14-8-4-9-15-22)26(23-16-10-5-11-17-23)24-18-12-6-13-19-24/h2-20H,1,21H2/b7-3-,25-20-. The van der Waals surface area contributed by atoms with Crippen LogP contribution in [0.5, 0.6) is 0 Å². The molecule has 0 aliphatic heterocycles. The summed E-state index contributed by atoms with van der Waals surface area (Å²) in [4.78, 5) is 0. The number of hydrogen-bond acceptors (Lipinski definition) is 0. The molecule has 3 aromatic carbocycles. The molecule has 0 heterocycles. The first-order valence-corrected chi connectivity index (χ1v) is 10.1. The monoisotopic (exact) mass is 354 g/mol. The summed E-state index contributed by atoms with van der Waals surface area (Å²) in [7, 11) is -0.579. The lowest BCUT2D eigenvalue weighted by molar-refractivity contribution is 1.24. The van der Waals surface area contributed by atoms with Gasteiger partial charge in [0.1, 0.15) is 0 Å². The van der Waals surface area contributed by atoms with Crippen molar-refractivity contribution < 1.29 is 0 Å². The maximum absolute atomic E-state index is 3.79. The van der Waals surface area contributed by atoms with Gasteiger partial charge < -0.3 is 0 Å². The highest BCUT2D eigenvalue weighted by molar-refractivity contribution is 7.76. The Kier molecular flexibility index (Phi) is 6.76. The lowest BCUT2D eigenvalue weighted by atomic mass is 10.1. The molecule has 26 heavy (non-hydrogen) atoms. The smallest absolute Gasteiger partial charge is 0.00150 e. The average Bonchev–Trinajstić information content (AvgIpc) is 2.71. The second kappa shape index (κ2) is 9.70. The van der Waals surface area contributed by atoms with Crippen LogP contribution in [-0.2, 0) is 6.42 Å². The normalized spacial score (nSPS) is 11.8. The zero-order valence-corrected chi connectivity index (χ0v) is 15.7. The highest BCUT2D eigenvalue weighted by Crippen LogP contribution is 2.44. The van der Waals surface area contributed by atoms with E-state index in [-0.39, 0.29) is 0 Å². The van der Waals surface area contributed by atoms with Gasteiger partial charge in [0, 0.05) is 0 Å². The minimum Gasteiger partial charge on any atom is -0.0991 e. The molecule has 0 atom stereocenters. The zero-order chi connectivity index (χ0) is 18.0. The van der Waals surface area contributed by atoms with E-state index < -0.39 is 7.92 Å². The van der Waals surface area contributed by atoms with Crippen LogP contribution in [-0.4, -0.2) is 0 Å². The van der Waals surface area contributed by atoms with Gasteiger partial charge in [-0.15, -0.1) is 0 Å². The first-order valence-electron chi connectivity index (χ1n) is 8.81. The summed E-state index contributed by atoms with van der Waals surface area (Å²) in [6, 6.07) is 32.4. The predicted octanol–water partition coefficient (Wildman–Crippen LogP) is 5.99. The fourth-order valence-electron chi connectivity index (χ4n) is 2.90. The number of hydrogen-bond donors (Lipinski definition) is 0. The topological polar surface area (TPSA) is 0 Å². The van der Waals surface area contributed by atoms with Crippen LogP contribution < -0.4 is 10.6 Å². The Morgan fingerprint density at radius 3 is 1.69 bits per heavy atom. The highest BCUT2D eigenvalue weighted by Gasteiger charge is 2.18. The van der Waals surface area contributed by atoms with Gasteiger partial charge in [0.2, 0.25) is 0 Å². The number of benzene rings is 3. The van der Waals surface area contributed by atoms with Crippen LogP contribution in [0, 0.1) is 0 Å². The van der Waals surface area contributed by atoms with Crippen molar-refractivity contribution in [2.75, 3.05) is 0 Å². The Morgan fingerprint density at radius 2 is 1.19 bits per heavy atom. The SMILES string of the molecule is C=C/C=C\C=C(\Cc1ccccc1)P(c1ccccc1)c1ccccc1. The molecule has 3 rings (SSSR count). The van der Waals surface area contributed by atoms with E-state index in [0.29, 0.717) is 0 Å². The Bertz CT molecular complexity index is 822. The maximum Gasteiger partial charge on any atom is -0.00150 e. The Balaban J connectivity index is 2.07. The van der Waals surface area contributed by atoms with Crippen molar-refractivity contribution in [3.05, 3.63) is 133 Å².